The van der Waals surface area contributed by atoms with Crippen molar-refractivity contribution in [3.8, 4) is 56.4 Å². The van der Waals surface area contributed by atoms with Gasteiger partial charge in [-0.25, -0.2) is 15.0 Å². The van der Waals surface area contributed by atoms with Crippen LogP contribution in [0.15, 0.2) is 168 Å². The van der Waals surface area contributed by atoms with E-state index in [1.54, 1.807) is 24.3 Å². The van der Waals surface area contributed by atoms with Crippen molar-refractivity contribution >= 4 is 32.7 Å². The molecule has 0 atom stereocenters. The first-order valence-corrected chi connectivity index (χ1v) is 14.7. The molecule has 7 aromatic carbocycles. The van der Waals surface area contributed by atoms with Crippen LogP contribution in [0.4, 0.5) is 0 Å². The lowest BCUT2D eigenvalue weighted by atomic mass is 9.93. The van der Waals surface area contributed by atoms with Gasteiger partial charge in [0.1, 0.15) is 11.2 Å². The van der Waals surface area contributed by atoms with Crippen molar-refractivity contribution in [1.29, 1.82) is 0 Å². The molecule has 2 aromatic heterocycles. The van der Waals surface area contributed by atoms with E-state index in [1.807, 2.05) is 60.7 Å². The van der Waals surface area contributed by atoms with Crippen LogP contribution in [0.3, 0.4) is 0 Å². The number of rotatable bonds is 5. The number of fused-ring (bicyclic) bond motifs is 4. The second-order valence-electron chi connectivity index (χ2n) is 10.7. The maximum Gasteiger partial charge on any atom is 0.164 e. The monoisotopic (exact) mass is 613 g/mol. The SMILES string of the molecule is [2H]c1c([2H])c([2H])c(-c2cc(-c3ccc(-c4nc(-c5ccccc5)nc(-c5ccccc5)n4)cc3)c3c(oc4c([2H])c5c([2H])c([2H])c([2H])c([2H])c5c([2H])c43)c2[2H])c([2H])c1[2H]. The molecule has 220 valence electrons. The standard InChI is InChI=1S/C43H27N3O/c1-4-12-28(13-5-1)35-25-36(40-37-24-33-18-10-11-19-34(33)26-38(37)47-39(40)27-35)29-20-22-32(23-21-29)43-45-41(30-14-6-2-7-15-30)44-42(46-43)31-16-8-3-9-17-31/h1-27H/i1D,4D,5D,10D,11D,12D,13D,18D,19D,24D,26D,27D. The number of hydrogen-bond acceptors (Lipinski definition) is 4. The van der Waals surface area contributed by atoms with Gasteiger partial charge in [-0.3, -0.25) is 0 Å². The Labute approximate surface area is 288 Å². The molecular weight excluding hydrogens is 574 g/mol. The van der Waals surface area contributed by atoms with Crippen LogP contribution in [0.25, 0.3) is 89.1 Å². The highest BCUT2D eigenvalue weighted by atomic mass is 16.3. The molecule has 4 heteroatoms. The van der Waals surface area contributed by atoms with Crippen molar-refractivity contribution in [1.82, 2.24) is 15.0 Å². The van der Waals surface area contributed by atoms with Crippen LogP contribution in [-0.4, -0.2) is 15.0 Å². The maximum atomic E-state index is 9.35. The molecule has 9 rings (SSSR count). The van der Waals surface area contributed by atoms with Gasteiger partial charge in [-0.05, 0) is 57.2 Å². The molecule has 2 heterocycles. The molecule has 0 N–H and O–H groups in total. The van der Waals surface area contributed by atoms with Gasteiger partial charge in [0.2, 0.25) is 0 Å². The normalized spacial score (nSPS) is 15.0. The molecule has 0 aliphatic heterocycles. The predicted molar refractivity (Wildman–Crippen MR) is 192 cm³/mol. The summed E-state index contributed by atoms with van der Waals surface area (Å²) in [7, 11) is 0. The van der Waals surface area contributed by atoms with Crippen LogP contribution in [-0.2, 0) is 0 Å². The minimum Gasteiger partial charge on any atom is -0.456 e. The van der Waals surface area contributed by atoms with Gasteiger partial charge in [0, 0.05) is 27.5 Å². The van der Waals surface area contributed by atoms with Crippen molar-refractivity contribution < 1.29 is 20.9 Å². The zero-order valence-electron chi connectivity index (χ0n) is 36.4. The van der Waals surface area contributed by atoms with Gasteiger partial charge in [-0.1, -0.05) is 139 Å². The van der Waals surface area contributed by atoms with E-state index >= 15 is 0 Å². The van der Waals surface area contributed by atoms with Crippen LogP contribution in [0, 0.1) is 0 Å². The van der Waals surface area contributed by atoms with Crippen LogP contribution in [0.1, 0.15) is 16.4 Å². The lowest BCUT2D eigenvalue weighted by Crippen LogP contribution is -2.00. The highest BCUT2D eigenvalue weighted by molar-refractivity contribution is 6.16. The minimum absolute atomic E-state index is 0.0141. The van der Waals surface area contributed by atoms with E-state index in [1.165, 1.54) is 6.07 Å². The molecule has 0 fully saturated rings. The van der Waals surface area contributed by atoms with Gasteiger partial charge in [0.05, 0.1) is 16.4 Å². The summed E-state index contributed by atoms with van der Waals surface area (Å²) in [6, 6.07) is 21.2. The van der Waals surface area contributed by atoms with E-state index in [9.17, 15) is 2.74 Å². The number of hydrogen-bond donors (Lipinski definition) is 0. The summed E-state index contributed by atoms with van der Waals surface area (Å²) < 4.78 is 110. The fourth-order valence-corrected chi connectivity index (χ4v) is 5.58. The molecular formula is C43H27N3O. The molecule has 0 saturated carbocycles. The second kappa shape index (κ2) is 11.2. The first-order valence-electron chi connectivity index (χ1n) is 20.7. The van der Waals surface area contributed by atoms with E-state index in [0.29, 0.717) is 34.2 Å². The summed E-state index contributed by atoms with van der Waals surface area (Å²) >= 11 is 0. The van der Waals surface area contributed by atoms with Gasteiger partial charge >= 0.3 is 0 Å². The highest BCUT2D eigenvalue weighted by Gasteiger charge is 2.17. The summed E-state index contributed by atoms with van der Waals surface area (Å²) in [6.07, 6.45) is 0. The first kappa shape index (κ1) is 17.3. The van der Waals surface area contributed by atoms with Gasteiger partial charge < -0.3 is 4.42 Å². The van der Waals surface area contributed by atoms with Gasteiger partial charge in [-0.2, -0.15) is 0 Å². The molecule has 0 aliphatic carbocycles. The lowest BCUT2D eigenvalue weighted by Gasteiger charge is -2.11. The van der Waals surface area contributed by atoms with Crippen molar-refractivity contribution in [2.45, 2.75) is 0 Å². The summed E-state index contributed by atoms with van der Waals surface area (Å²) in [6.45, 7) is 0. The van der Waals surface area contributed by atoms with Gasteiger partial charge in [0.25, 0.3) is 0 Å². The number of aromatic nitrogens is 3. The molecule has 4 nitrogen and oxygen atoms in total. The van der Waals surface area contributed by atoms with Crippen LogP contribution in [0.2, 0.25) is 0 Å². The maximum absolute atomic E-state index is 9.35. The van der Waals surface area contributed by atoms with E-state index < -0.39 is 60.4 Å². The molecule has 0 bridgehead atoms. The molecule has 0 aliphatic rings. The first-order chi connectivity index (χ1) is 28.3. The third kappa shape index (κ3) is 4.93. The van der Waals surface area contributed by atoms with Gasteiger partial charge in [-0.15, -0.1) is 0 Å². The quantitative estimate of drug-likeness (QED) is 0.194. The fraction of sp³-hybridized carbons (Fsp3) is 0. The number of furan rings is 1. The van der Waals surface area contributed by atoms with Crippen LogP contribution in [0.5, 0.6) is 0 Å². The molecule has 9 aromatic rings. The minimum atomic E-state index is -0.607. The molecule has 0 spiro atoms. The molecule has 0 amide bonds. The average molecular weight is 614 g/mol. The second-order valence-corrected chi connectivity index (χ2v) is 10.7. The molecule has 0 radical (unpaired) electrons. The molecule has 0 saturated heterocycles. The van der Waals surface area contributed by atoms with Gasteiger partial charge in [0.15, 0.2) is 17.5 Å². The fourth-order valence-electron chi connectivity index (χ4n) is 5.58. The Hall–Kier alpha value is -6.39. The summed E-state index contributed by atoms with van der Waals surface area (Å²) in [5, 5.41) is -0.241. The zero-order valence-corrected chi connectivity index (χ0v) is 24.4. The third-order valence-corrected chi connectivity index (χ3v) is 7.81. The largest absolute Gasteiger partial charge is 0.456 e. The van der Waals surface area contributed by atoms with Crippen LogP contribution >= 0.6 is 0 Å². The Balaban J connectivity index is 1.34. The lowest BCUT2D eigenvalue weighted by molar-refractivity contribution is 0.669. The highest BCUT2D eigenvalue weighted by Crippen LogP contribution is 2.41. The molecule has 47 heavy (non-hydrogen) atoms. The average Bonchev–Trinajstić information content (AvgIpc) is 3.68. The van der Waals surface area contributed by atoms with Crippen molar-refractivity contribution in [2.24, 2.45) is 0 Å². The van der Waals surface area contributed by atoms with Crippen molar-refractivity contribution in [2.75, 3.05) is 0 Å². The summed E-state index contributed by atoms with van der Waals surface area (Å²) in [4.78, 5) is 14.4. The van der Waals surface area contributed by atoms with E-state index in [-0.39, 0.29) is 55.9 Å². The summed E-state index contributed by atoms with van der Waals surface area (Å²) in [5.41, 5.74) is 2.26. The van der Waals surface area contributed by atoms with E-state index in [0.717, 1.165) is 11.1 Å². The van der Waals surface area contributed by atoms with Crippen molar-refractivity contribution in [3.05, 3.63) is 164 Å². The number of benzene rings is 7. The van der Waals surface area contributed by atoms with Crippen LogP contribution < -0.4 is 0 Å². The Morgan fingerprint density at radius 2 is 0.979 bits per heavy atom. The third-order valence-electron chi connectivity index (χ3n) is 7.81. The predicted octanol–water partition coefficient (Wildman–Crippen LogP) is 11.3. The van der Waals surface area contributed by atoms with E-state index in [2.05, 4.69) is 0 Å². The Morgan fingerprint density at radius 3 is 1.60 bits per heavy atom. The number of nitrogens with zero attached hydrogens (tertiary/aromatic N) is 3. The van der Waals surface area contributed by atoms with E-state index in [4.69, 9.17) is 33.1 Å². The Kier molecular flexibility index (Phi) is 4.13. The molecule has 0 unspecified atom stereocenters. The zero-order chi connectivity index (χ0) is 41.6. The Morgan fingerprint density at radius 1 is 0.447 bits per heavy atom. The smallest absolute Gasteiger partial charge is 0.164 e. The summed E-state index contributed by atoms with van der Waals surface area (Å²) in [5.74, 6) is 1.29. The topological polar surface area (TPSA) is 51.8 Å². The Bertz CT molecular complexity index is 3140. The van der Waals surface area contributed by atoms with Crippen molar-refractivity contribution in [3.63, 3.8) is 0 Å².